The molecule has 0 aromatic heterocycles. The fourth-order valence-corrected chi connectivity index (χ4v) is 3.29. The average molecular weight is 375 g/mol. The minimum absolute atomic E-state index is 0.0364. The van der Waals surface area contributed by atoms with E-state index in [1.165, 1.54) is 24.3 Å². The first kappa shape index (κ1) is 19.7. The summed E-state index contributed by atoms with van der Waals surface area (Å²) in [5, 5.41) is 8.89. The summed E-state index contributed by atoms with van der Waals surface area (Å²) >= 11 is 0. The van der Waals surface area contributed by atoms with Crippen LogP contribution in [0.3, 0.4) is 0 Å². The Hall–Kier alpha value is -2.67. The molecule has 1 amide bonds. The molecule has 26 heavy (non-hydrogen) atoms. The smallest absolute Gasteiger partial charge is 0.335 e. The van der Waals surface area contributed by atoms with Gasteiger partial charge in [0.05, 0.1) is 22.6 Å². The molecule has 0 aliphatic rings. The second-order valence-corrected chi connectivity index (χ2v) is 8.25. The number of carbonyl (C=O) groups is 2. The predicted molar refractivity (Wildman–Crippen MR) is 97.7 cm³/mol. The van der Waals surface area contributed by atoms with E-state index in [1.807, 2.05) is 0 Å². The number of rotatable bonds is 7. The Bertz CT molecular complexity index is 887. The maximum atomic E-state index is 12.3. The first-order valence-electron chi connectivity index (χ1n) is 8.11. The first-order chi connectivity index (χ1) is 12.2. The topological polar surface area (TPSA) is 91.8 Å². The molecule has 0 saturated heterocycles. The van der Waals surface area contributed by atoms with Crippen molar-refractivity contribution >= 4 is 21.7 Å². The molecule has 0 aliphatic carbocycles. The quantitative estimate of drug-likeness (QED) is 0.802. The van der Waals surface area contributed by atoms with E-state index in [4.69, 9.17) is 5.11 Å². The van der Waals surface area contributed by atoms with Crippen LogP contribution < -0.4 is 0 Å². The normalized spacial score (nSPS) is 11.2. The Morgan fingerprint density at radius 2 is 1.50 bits per heavy atom. The number of hydrogen-bond donors (Lipinski definition) is 1. The second kappa shape index (κ2) is 8.14. The monoisotopic (exact) mass is 375 g/mol. The Kier molecular flexibility index (Phi) is 6.15. The summed E-state index contributed by atoms with van der Waals surface area (Å²) in [6, 6.07) is 12.7. The van der Waals surface area contributed by atoms with E-state index in [-0.39, 0.29) is 28.5 Å². The Balaban J connectivity index is 1.99. The lowest BCUT2D eigenvalue weighted by molar-refractivity contribution is -0.129. The van der Waals surface area contributed by atoms with E-state index < -0.39 is 15.8 Å². The van der Waals surface area contributed by atoms with E-state index in [0.717, 1.165) is 11.1 Å². The zero-order chi connectivity index (χ0) is 19.3. The fourth-order valence-electron chi connectivity index (χ4n) is 2.41. The van der Waals surface area contributed by atoms with Crippen molar-refractivity contribution in [2.45, 2.75) is 24.8 Å². The number of benzene rings is 2. The number of carboxylic acid groups (broad SMARTS) is 1. The summed E-state index contributed by atoms with van der Waals surface area (Å²) in [5.41, 5.74) is 1.76. The lowest BCUT2D eigenvalue weighted by Crippen LogP contribution is -2.27. The molecule has 0 heterocycles. The van der Waals surface area contributed by atoms with Gasteiger partial charge in [0.1, 0.15) is 0 Å². The zero-order valence-corrected chi connectivity index (χ0v) is 15.5. The van der Waals surface area contributed by atoms with Crippen LogP contribution in [0.2, 0.25) is 0 Å². The number of hydrogen-bond acceptors (Lipinski definition) is 4. The third-order valence-electron chi connectivity index (χ3n) is 4.06. The van der Waals surface area contributed by atoms with Crippen LogP contribution in [0.15, 0.2) is 53.4 Å². The lowest BCUT2D eigenvalue weighted by Gasteiger charge is -2.17. The van der Waals surface area contributed by atoms with E-state index in [1.54, 1.807) is 43.1 Å². The maximum absolute atomic E-state index is 12.3. The van der Waals surface area contributed by atoms with Crippen molar-refractivity contribution in [3.8, 4) is 0 Å². The molecule has 1 N–H and O–H groups in total. The van der Waals surface area contributed by atoms with Gasteiger partial charge in [-0.15, -0.1) is 0 Å². The van der Waals surface area contributed by atoms with Crippen LogP contribution in [0.1, 0.15) is 28.4 Å². The van der Waals surface area contributed by atoms with Crippen LogP contribution in [-0.2, 0) is 27.6 Å². The highest BCUT2D eigenvalue weighted by Gasteiger charge is 2.14. The van der Waals surface area contributed by atoms with Gasteiger partial charge in [-0.1, -0.05) is 31.2 Å². The largest absolute Gasteiger partial charge is 0.478 e. The molecule has 6 nitrogen and oxygen atoms in total. The maximum Gasteiger partial charge on any atom is 0.335 e. The highest BCUT2D eigenvalue weighted by Crippen LogP contribution is 2.14. The molecule has 0 unspecified atom stereocenters. The van der Waals surface area contributed by atoms with Gasteiger partial charge in [0, 0.05) is 13.6 Å². The van der Waals surface area contributed by atoms with Crippen molar-refractivity contribution in [3.63, 3.8) is 0 Å². The fraction of sp³-hybridized carbons (Fsp3) is 0.263. The molecule has 2 aromatic carbocycles. The standard InChI is InChI=1S/C19H21NO5S/c1-3-26(24,25)17-10-6-14(7-11-17)12-18(21)20(2)13-15-4-8-16(9-5-15)19(22)23/h4-11H,3,12-13H2,1-2H3,(H,22,23). The zero-order valence-electron chi connectivity index (χ0n) is 14.7. The van der Waals surface area contributed by atoms with Crippen molar-refractivity contribution in [2.24, 2.45) is 0 Å². The summed E-state index contributed by atoms with van der Waals surface area (Å²) in [7, 11) is -1.58. The van der Waals surface area contributed by atoms with Crippen molar-refractivity contribution in [2.75, 3.05) is 12.8 Å². The highest BCUT2D eigenvalue weighted by atomic mass is 32.2. The molecule has 138 valence electrons. The number of likely N-dealkylation sites (N-methyl/N-ethyl adjacent to an activating group) is 1. The summed E-state index contributed by atoms with van der Waals surface area (Å²) in [6.45, 7) is 1.95. The van der Waals surface area contributed by atoms with Crippen molar-refractivity contribution in [3.05, 3.63) is 65.2 Å². The summed E-state index contributed by atoms with van der Waals surface area (Å²) in [4.78, 5) is 25.0. The minimum Gasteiger partial charge on any atom is -0.478 e. The van der Waals surface area contributed by atoms with Crippen molar-refractivity contribution in [1.82, 2.24) is 4.90 Å². The molecule has 0 radical (unpaired) electrons. The number of carbonyl (C=O) groups excluding carboxylic acids is 1. The number of sulfone groups is 1. The first-order valence-corrected chi connectivity index (χ1v) is 9.76. The van der Waals surface area contributed by atoms with Gasteiger partial charge in [-0.05, 0) is 35.4 Å². The Morgan fingerprint density at radius 1 is 0.962 bits per heavy atom. The summed E-state index contributed by atoms with van der Waals surface area (Å²) in [6.07, 6.45) is 0.163. The van der Waals surface area contributed by atoms with Gasteiger partial charge in [-0.2, -0.15) is 0 Å². The third kappa shape index (κ3) is 4.92. The SMILES string of the molecule is CCS(=O)(=O)c1ccc(CC(=O)N(C)Cc2ccc(C(=O)O)cc2)cc1. The Labute approximate surface area is 153 Å². The molecule has 0 atom stereocenters. The lowest BCUT2D eigenvalue weighted by atomic mass is 10.1. The van der Waals surface area contributed by atoms with Gasteiger partial charge in [0.15, 0.2) is 9.84 Å². The van der Waals surface area contributed by atoms with Gasteiger partial charge in [-0.3, -0.25) is 4.79 Å². The minimum atomic E-state index is -3.25. The number of nitrogens with zero attached hydrogens (tertiary/aromatic N) is 1. The van der Waals surface area contributed by atoms with Gasteiger partial charge >= 0.3 is 5.97 Å². The number of aromatic carboxylic acids is 1. The van der Waals surface area contributed by atoms with Crippen LogP contribution in [-0.4, -0.2) is 43.1 Å². The molecule has 0 bridgehead atoms. The van der Waals surface area contributed by atoms with Crippen molar-refractivity contribution < 1.29 is 23.1 Å². The Morgan fingerprint density at radius 3 is 2.00 bits per heavy atom. The van der Waals surface area contributed by atoms with E-state index in [9.17, 15) is 18.0 Å². The molecule has 0 spiro atoms. The van der Waals surface area contributed by atoms with Crippen LogP contribution in [0.4, 0.5) is 0 Å². The number of amides is 1. The van der Waals surface area contributed by atoms with Gasteiger partial charge in [-0.25, -0.2) is 13.2 Å². The molecular formula is C19H21NO5S. The van der Waals surface area contributed by atoms with E-state index >= 15 is 0 Å². The average Bonchev–Trinajstić information content (AvgIpc) is 2.62. The van der Waals surface area contributed by atoms with Crippen LogP contribution in [0, 0.1) is 0 Å². The number of carboxylic acids is 1. The molecule has 7 heteroatoms. The third-order valence-corrected chi connectivity index (χ3v) is 5.81. The molecular weight excluding hydrogens is 354 g/mol. The van der Waals surface area contributed by atoms with Crippen LogP contribution in [0.5, 0.6) is 0 Å². The highest BCUT2D eigenvalue weighted by molar-refractivity contribution is 7.91. The second-order valence-electron chi connectivity index (χ2n) is 5.98. The summed E-state index contributed by atoms with van der Waals surface area (Å²) in [5.74, 6) is -1.07. The van der Waals surface area contributed by atoms with Crippen LogP contribution in [0.25, 0.3) is 0 Å². The molecule has 2 rings (SSSR count). The van der Waals surface area contributed by atoms with Gasteiger partial charge < -0.3 is 10.0 Å². The van der Waals surface area contributed by atoms with Crippen molar-refractivity contribution in [1.29, 1.82) is 0 Å². The summed E-state index contributed by atoms with van der Waals surface area (Å²) < 4.78 is 23.6. The molecule has 2 aromatic rings. The molecule has 0 fully saturated rings. The van der Waals surface area contributed by atoms with Crippen LogP contribution >= 0.6 is 0 Å². The molecule has 0 saturated carbocycles. The van der Waals surface area contributed by atoms with E-state index in [2.05, 4.69) is 0 Å². The van der Waals surface area contributed by atoms with E-state index in [0.29, 0.717) is 6.54 Å². The predicted octanol–water partition coefficient (Wildman–Crippen LogP) is 2.38. The van der Waals surface area contributed by atoms with Gasteiger partial charge in [0.25, 0.3) is 0 Å². The molecule has 0 aliphatic heterocycles. The van der Waals surface area contributed by atoms with Gasteiger partial charge in [0.2, 0.25) is 5.91 Å².